The second kappa shape index (κ2) is 7.44. The molecule has 5 N–H and O–H groups in total. The van der Waals surface area contributed by atoms with Gasteiger partial charge >= 0.3 is 0 Å². The second-order valence-electron chi connectivity index (χ2n) is 6.65. The smallest absolute Gasteiger partial charge is 0.264 e. The van der Waals surface area contributed by atoms with Crippen molar-refractivity contribution in [2.24, 2.45) is 0 Å². The fraction of sp³-hybridized carbons (Fsp3) is 0.0952. The van der Waals surface area contributed by atoms with Crippen LogP contribution in [0, 0.1) is 0 Å². The third kappa shape index (κ3) is 3.48. The van der Waals surface area contributed by atoms with E-state index < -0.39 is 0 Å². The molecule has 1 atom stereocenters. The Bertz CT molecular complexity index is 1260. The highest BCUT2D eigenvalue weighted by molar-refractivity contribution is 6.35. The number of aromatic nitrogens is 3. The van der Waals surface area contributed by atoms with Crippen molar-refractivity contribution < 1.29 is 0 Å². The average molecular weight is 407 g/mol. The van der Waals surface area contributed by atoms with Crippen LogP contribution in [0.4, 0.5) is 17.5 Å². The Balaban J connectivity index is 1.93. The molecule has 0 aliphatic carbocycles. The number of hydrogen-bond acceptors (Lipinski definition) is 6. The number of nitrogens with two attached hydrogens (primary N) is 2. The molecule has 2 heterocycles. The fourth-order valence-corrected chi connectivity index (χ4v) is 3.56. The molecule has 4 rings (SSSR count). The van der Waals surface area contributed by atoms with Crippen LogP contribution in [0.3, 0.4) is 0 Å². The van der Waals surface area contributed by atoms with Gasteiger partial charge in [-0.15, -0.1) is 0 Å². The number of fused-ring (bicyclic) bond motifs is 1. The van der Waals surface area contributed by atoms with E-state index in [4.69, 9.17) is 23.1 Å². The highest BCUT2D eigenvalue weighted by Gasteiger charge is 2.18. The SMILES string of the molecule is C[C@H](Nc1nc(N)ncc1N)c1cc2cccc(Cl)c2c(=O)n1-c1ccccc1. The highest BCUT2D eigenvalue weighted by atomic mass is 35.5. The number of anilines is 3. The number of benzene rings is 2. The summed E-state index contributed by atoms with van der Waals surface area (Å²) in [5, 5.41) is 4.88. The van der Waals surface area contributed by atoms with Crippen LogP contribution in [0.15, 0.2) is 65.6 Å². The molecule has 29 heavy (non-hydrogen) atoms. The lowest BCUT2D eigenvalue weighted by Crippen LogP contribution is -2.26. The van der Waals surface area contributed by atoms with Gasteiger partial charge in [0.25, 0.3) is 5.56 Å². The Morgan fingerprint density at radius 2 is 1.86 bits per heavy atom. The van der Waals surface area contributed by atoms with Crippen LogP contribution in [0.25, 0.3) is 16.5 Å². The maximum absolute atomic E-state index is 13.4. The van der Waals surface area contributed by atoms with Crippen LogP contribution in [0.1, 0.15) is 18.7 Å². The van der Waals surface area contributed by atoms with Crippen LogP contribution in [-0.2, 0) is 0 Å². The standard InChI is InChI=1S/C21H19ClN6O/c1-12(26-19-16(23)11-25-21(24)27-19)17-10-13-6-5-9-15(22)18(13)20(29)28(17)14-7-3-2-4-8-14/h2-12H,23H2,1H3,(H3,24,25,26,27)/t12-/m0/s1. The molecule has 2 aromatic heterocycles. The predicted molar refractivity (Wildman–Crippen MR) is 117 cm³/mol. The summed E-state index contributed by atoms with van der Waals surface area (Å²) in [5.41, 5.74) is 13.3. The molecule has 0 saturated heterocycles. The number of para-hydroxylation sites is 1. The van der Waals surface area contributed by atoms with Crippen LogP contribution >= 0.6 is 11.6 Å². The summed E-state index contributed by atoms with van der Waals surface area (Å²) in [7, 11) is 0. The van der Waals surface area contributed by atoms with Gasteiger partial charge in [-0.05, 0) is 36.6 Å². The first-order valence-electron chi connectivity index (χ1n) is 9.00. The Morgan fingerprint density at radius 3 is 2.62 bits per heavy atom. The van der Waals surface area contributed by atoms with Gasteiger partial charge in [0.2, 0.25) is 5.95 Å². The largest absolute Gasteiger partial charge is 0.394 e. The van der Waals surface area contributed by atoms with E-state index in [1.807, 2.05) is 55.5 Å². The van der Waals surface area contributed by atoms with Crippen LogP contribution < -0.4 is 22.3 Å². The number of pyridine rings is 1. The van der Waals surface area contributed by atoms with Gasteiger partial charge in [0.15, 0.2) is 5.82 Å². The van der Waals surface area contributed by atoms with E-state index in [1.54, 1.807) is 10.6 Å². The Morgan fingerprint density at radius 1 is 1.10 bits per heavy atom. The van der Waals surface area contributed by atoms with Gasteiger partial charge in [0, 0.05) is 11.4 Å². The minimum Gasteiger partial charge on any atom is -0.394 e. The van der Waals surface area contributed by atoms with Gasteiger partial charge in [-0.1, -0.05) is 41.9 Å². The maximum atomic E-state index is 13.4. The number of nitrogens with zero attached hydrogens (tertiary/aromatic N) is 3. The first-order valence-corrected chi connectivity index (χ1v) is 9.37. The molecule has 0 saturated carbocycles. The monoisotopic (exact) mass is 406 g/mol. The summed E-state index contributed by atoms with van der Waals surface area (Å²) in [6.45, 7) is 1.92. The second-order valence-corrected chi connectivity index (χ2v) is 7.05. The molecular formula is C21H19ClN6O. The van der Waals surface area contributed by atoms with Gasteiger partial charge in [-0.25, -0.2) is 4.98 Å². The van der Waals surface area contributed by atoms with E-state index in [9.17, 15) is 4.79 Å². The summed E-state index contributed by atoms with van der Waals surface area (Å²) in [6, 6.07) is 16.4. The van der Waals surface area contributed by atoms with Crippen molar-refractivity contribution in [3.8, 4) is 5.69 Å². The van der Waals surface area contributed by atoms with Crippen molar-refractivity contribution in [2.75, 3.05) is 16.8 Å². The van der Waals surface area contributed by atoms with Gasteiger partial charge in [0.05, 0.1) is 28.3 Å². The first-order chi connectivity index (χ1) is 14.0. The van der Waals surface area contributed by atoms with Crippen molar-refractivity contribution in [3.05, 3.63) is 81.9 Å². The topological polar surface area (TPSA) is 112 Å². The van der Waals surface area contributed by atoms with Gasteiger partial charge in [-0.2, -0.15) is 4.98 Å². The zero-order chi connectivity index (χ0) is 20.5. The lowest BCUT2D eigenvalue weighted by atomic mass is 10.1. The van der Waals surface area contributed by atoms with E-state index in [-0.39, 0.29) is 17.5 Å². The maximum Gasteiger partial charge on any atom is 0.264 e. The summed E-state index contributed by atoms with van der Waals surface area (Å²) >= 11 is 6.35. The van der Waals surface area contributed by atoms with E-state index in [0.717, 1.165) is 16.8 Å². The average Bonchev–Trinajstić information content (AvgIpc) is 2.71. The van der Waals surface area contributed by atoms with Crippen molar-refractivity contribution >= 4 is 39.8 Å². The summed E-state index contributed by atoms with van der Waals surface area (Å²) in [4.78, 5) is 21.5. The minimum absolute atomic E-state index is 0.111. The summed E-state index contributed by atoms with van der Waals surface area (Å²) in [6.07, 6.45) is 1.45. The van der Waals surface area contributed by atoms with Crippen molar-refractivity contribution in [2.45, 2.75) is 13.0 Å². The molecule has 0 aliphatic heterocycles. The van der Waals surface area contributed by atoms with E-state index in [0.29, 0.717) is 21.9 Å². The molecule has 0 unspecified atom stereocenters. The summed E-state index contributed by atoms with van der Waals surface area (Å²) in [5.74, 6) is 0.517. The van der Waals surface area contributed by atoms with Gasteiger partial charge in [0.1, 0.15) is 0 Å². The first kappa shape index (κ1) is 18.8. The highest BCUT2D eigenvalue weighted by Crippen LogP contribution is 2.28. The number of nitrogen functional groups attached to an aromatic ring is 2. The number of halogens is 1. The van der Waals surface area contributed by atoms with Crippen molar-refractivity contribution in [3.63, 3.8) is 0 Å². The molecule has 0 bridgehead atoms. The zero-order valence-electron chi connectivity index (χ0n) is 15.6. The van der Waals surface area contributed by atoms with Crippen LogP contribution in [-0.4, -0.2) is 14.5 Å². The lowest BCUT2D eigenvalue weighted by Gasteiger charge is -2.22. The molecule has 0 fully saturated rings. The molecule has 0 amide bonds. The fourth-order valence-electron chi connectivity index (χ4n) is 3.30. The van der Waals surface area contributed by atoms with Crippen LogP contribution in [0.2, 0.25) is 5.02 Å². The number of rotatable bonds is 4. The summed E-state index contributed by atoms with van der Waals surface area (Å²) < 4.78 is 1.65. The van der Waals surface area contributed by atoms with Crippen molar-refractivity contribution in [1.82, 2.24) is 14.5 Å². The Hall–Kier alpha value is -3.58. The molecule has 0 radical (unpaired) electrons. The molecule has 0 aliphatic rings. The Kier molecular flexibility index (Phi) is 4.82. The Labute approximate surface area is 172 Å². The quantitative estimate of drug-likeness (QED) is 0.475. The third-order valence-electron chi connectivity index (χ3n) is 4.67. The van der Waals surface area contributed by atoms with Gasteiger partial charge < -0.3 is 16.8 Å². The number of nitrogens with one attached hydrogen (secondary N) is 1. The van der Waals surface area contributed by atoms with E-state index >= 15 is 0 Å². The predicted octanol–water partition coefficient (Wildman–Crippen LogP) is 3.77. The zero-order valence-corrected chi connectivity index (χ0v) is 16.4. The van der Waals surface area contributed by atoms with Crippen LogP contribution in [0.5, 0.6) is 0 Å². The minimum atomic E-state index is -0.317. The molecular weight excluding hydrogens is 388 g/mol. The van der Waals surface area contributed by atoms with E-state index in [1.165, 1.54) is 6.20 Å². The van der Waals surface area contributed by atoms with Crippen molar-refractivity contribution in [1.29, 1.82) is 0 Å². The molecule has 2 aromatic carbocycles. The normalized spacial score (nSPS) is 12.1. The molecule has 4 aromatic rings. The number of hydrogen-bond donors (Lipinski definition) is 3. The third-order valence-corrected chi connectivity index (χ3v) is 4.99. The lowest BCUT2D eigenvalue weighted by molar-refractivity contribution is 0.773. The molecule has 146 valence electrons. The van der Waals surface area contributed by atoms with E-state index in [2.05, 4.69) is 15.3 Å². The molecule has 7 nitrogen and oxygen atoms in total. The van der Waals surface area contributed by atoms with Gasteiger partial charge in [-0.3, -0.25) is 9.36 Å². The molecule has 0 spiro atoms. The molecule has 8 heteroatoms.